The lowest BCUT2D eigenvalue weighted by atomic mass is 10.1. The van der Waals surface area contributed by atoms with E-state index in [9.17, 15) is 9.59 Å². The smallest absolute Gasteiger partial charge is 0.343 e. The molecule has 0 spiro atoms. The number of amides is 1. The molecule has 0 aliphatic rings. The predicted molar refractivity (Wildman–Crippen MR) is 153 cm³/mol. The van der Waals surface area contributed by atoms with Crippen LogP contribution >= 0.6 is 15.9 Å². The van der Waals surface area contributed by atoms with E-state index < -0.39 is 18.0 Å². The van der Waals surface area contributed by atoms with E-state index in [0.29, 0.717) is 35.0 Å². The fourth-order valence-corrected chi connectivity index (χ4v) is 3.89. The summed E-state index contributed by atoms with van der Waals surface area (Å²) in [5.41, 5.74) is 5.44. The summed E-state index contributed by atoms with van der Waals surface area (Å²) in [4.78, 5) is 25.1. The summed E-state index contributed by atoms with van der Waals surface area (Å²) in [5.74, 6) is 0.593. The predicted octanol–water partition coefficient (Wildman–Crippen LogP) is 6.47. The van der Waals surface area contributed by atoms with Crippen molar-refractivity contribution in [1.29, 1.82) is 0 Å². The van der Waals surface area contributed by atoms with Gasteiger partial charge >= 0.3 is 5.97 Å². The van der Waals surface area contributed by atoms with E-state index in [0.717, 1.165) is 15.6 Å². The average molecular weight is 587 g/mol. The highest BCUT2D eigenvalue weighted by Crippen LogP contribution is 2.23. The van der Waals surface area contributed by atoms with Gasteiger partial charge in [0.05, 0.1) is 11.8 Å². The van der Waals surface area contributed by atoms with Crippen LogP contribution in [0, 0.1) is 6.92 Å². The van der Waals surface area contributed by atoms with Crippen molar-refractivity contribution >= 4 is 34.0 Å². The van der Waals surface area contributed by atoms with E-state index in [1.165, 1.54) is 6.21 Å². The van der Waals surface area contributed by atoms with E-state index in [1.807, 2.05) is 43.3 Å². The standard InChI is InChI=1S/C31H27BrN2O5/c1-21-7-6-10-24(17-21)31(36)39-29-16-11-26(32)18-25(29)19-33-34-30(35)22(2)38-28-14-12-27(13-15-28)37-20-23-8-4-3-5-9-23/h3-19,22H,20H2,1-2H3,(H,34,35)/b33-19-/t22-/m0/s1. The quantitative estimate of drug-likeness (QED) is 0.0995. The summed E-state index contributed by atoms with van der Waals surface area (Å²) in [5, 5.41) is 4.03. The Kier molecular flexibility index (Phi) is 9.48. The minimum absolute atomic E-state index is 0.307. The van der Waals surface area contributed by atoms with E-state index >= 15 is 0 Å². The first-order chi connectivity index (χ1) is 18.9. The fourth-order valence-electron chi connectivity index (χ4n) is 3.51. The number of hydrogen-bond acceptors (Lipinski definition) is 6. The Morgan fingerprint density at radius 1 is 0.923 bits per heavy atom. The van der Waals surface area contributed by atoms with Gasteiger partial charge in [-0.15, -0.1) is 0 Å². The van der Waals surface area contributed by atoms with Crippen molar-refractivity contribution in [3.05, 3.63) is 124 Å². The average Bonchev–Trinajstić information content (AvgIpc) is 2.94. The first-order valence-corrected chi connectivity index (χ1v) is 13.0. The molecule has 4 aromatic carbocycles. The number of benzene rings is 4. The molecule has 0 aromatic heterocycles. The molecular weight excluding hydrogens is 560 g/mol. The van der Waals surface area contributed by atoms with Crippen molar-refractivity contribution in [1.82, 2.24) is 5.43 Å². The molecule has 0 bridgehead atoms. The van der Waals surface area contributed by atoms with Gasteiger partial charge in [0.2, 0.25) is 0 Å². The van der Waals surface area contributed by atoms with Gasteiger partial charge in [0, 0.05) is 10.0 Å². The molecule has 39 heavy (non-hydrogen) atoms. The summed E-state index contributed by atoms with van der Waals surface area (Å²) in [7, 11) is 0. The summed E-state index contributed by atoms with van der Waals surface area (Å²) in [6.07, 6.45) is 0.604. The normalized spacial score (nSPS) is 11.6. The molecule has 0 saturated heterocycles. The number of esters is 1. The molecule has 4 rings (SSSR count). The molecule has 0 aliphatic heterocycles. The van der Waals surface area contributed by atoms with E-state index in [1.54, 1.807) is 67.6 Å². The Morgan fingerprint density at radius 2 is 1.67 bits per heavy atom. The molecule has 198 valence electrons. The maximum absolute atomic E-state index is 12.6. The Morgan fingerprint density at radius 3 is 2.41 bits per heavy atom. The van der Waals surface area contributed by atoms with Gasteiger partial charge in [0.15, 0.2) is 6.10 Å². The highest BCUT2D eigenvalue weighted by molar-refractivity contribution is 9.10. The van der Waals surface area contributed by atoms with Crippen LogP contribution in [0.5, 0.6) is 17.2 Å². The van der Waals surface area contributed by atoms with Crippen LogP contribution in [0.1, 0.15) is 34.0 Å². The minimum Gasteiger partial charge on any atom is -0.489 e. The van der Waals surface area contributed by atoms with Crippen LogP contribution < -0.4 is 19.6 Å². The third-order valence-corrected chi connectivity index (χ3v) is 6.05. The number of nitrogens with one attached hydrogen (secondary N) is 1. The zero-order valence-corrected chi connectivity index (χ0v) is 23.1. The number of carbonyl (C=O) groups excluding carboxylic acids is 2. The van der Waals surface area contributed by atoms with Gasteiger partial charge in [-0.1, -0.05) is 64.0 Å². The molecule has 0 fully saturated rings. The third-order valence-electron chi connectivity index (χ3n) is 5.56. The minimum atomic E-state index is -0.806. The highest BCUT2D eigenvalue weighted by atomic mass is 79.9. The zero-order chi connectivity index (χ0) is 27.6. The number of nitrogens with zero attached hydrogens (tertiary/aromatic N) is 1. The van der Waals surface area contributed by atoms with Gasteiger partial charge < -0.3 is 14.2 Å². The lowest BCUT2D eigenvalue weighted by Crippen LogP contribution is -2.33. The van der Waals surface area contributed by atoms with Gasteiger partial charge in [-0.2, -0.15) is 5.10 Å². The molecule has 1 atom stereocenters. The maximum Gasteiger partial charge on any atom is 0.343 e. The molecule has 0 aliphatic carbocycles. The molecule has 1 amide bonds. The lowest BCUT2D eigenvalue weighted by molar-refractivity contribution is -0.127. The van der Waals surface area contributed by atoms with Gasteiger partial charge in [-0.05, 0) is 74.0 Å². The van der Waals surface area contributed by atoms with Crippen molar-refractivity contribution in [3.8, 4) is 17.2 Å². The van der Waals surface area contributed by atoms with Crippen molar-refractivity contribution in [2.75, 3.05) is 0 Å². The Bertz CT molecular complexity index is 1460. The second-order valence-electron chi connectivity index (χ2n) is 8.68. The molecule has 0 radical (unpaired) electrons. The van der Waals surface area contributed by atoms with Crippen molar-refractivity contribution in [3.63, 3.8) is 0 Å². The number of halogens is 1. The van der Waals surface area contributed by atoms with Gasteiger partial charge in [0.1, 0.15) is 23.9 Å². The summed E-state index contributed by atoms with van der Waals surface area (Å²) in [6, 6.07) is 29.2. The van der Waals surface area contributed by atoms with Crippen molar-refractivity contribution < 1.29 is 23.8 Å². The van der Waals surface area contributed by atoms with Crippen LogP contribution in [-0.4, -0.2) is 24.2 Å². The van der Waals surface area contributed by atoms with Crippen LogP contribution in [-0.2, 0) is 11.4 Å². The van der Waals surface area contributed by atoms with Crippen LogP contribution in [0.25, 0.3) is 0 Å². The summed E-state index contributed by atoms with van der Waals surface area (Å²) < 4.78 is 17.9. The van der Waals surface area contributed by atoms with Gasteiger partial charge in [0.25, 0.3) is 5.91 Å². The van der Waals surface area contributed by atoms with E-state index in [4.69, 9.17) is 14.2 Å². The molecule has 7 nitrogen and oxygen atoms in total. The number of rotatable bonds is 10. The topological polar surface area (TPSA) is 86.2 Å². The van der Waals surface area contributed by atoms with Crippen LogP contribution in [0.2, 0.25) is 0 Å². The Labute approximate surface area is 235 Å². The Hall–Kier alpha value is -4.43. The number of carbonyl (C=O) groups is 2. The first-order valence-electron chi connectivity index (χ1n) is 12.2. The maximum atomic E-state index is 12.6. The largest absolute Gasteiger partial charge is 0.489 e. The van der Waals surface area contributed by atoms with Gasteiger partial charge in [-0.3, -0.25) is 4.79 Å². The summed E-state index contributed by atoms with van der Waals surface area (Å²) >= 11 is 3.41. The molecule has 4 aromatic rings. The molecule has 0 saturated carbocycles. The molecule has 1 N–H and O–H groups in total. The Balaban J connectivity index is 1.31. The summed E-state index contributed by atoms with van der Waals surface area (Å²) in [6.45, 7) is 3.99. The monoisotopic (exact) mass is 586 g/mol. The van der Waals surface area contributed by atoms with Crippen molar-refractivity contribution in [2.45, 2.75) is 26.6 Å². The lowest BCUT2D eigenvalue weighted by Gasteiger charge is -2.14. The number of hydrogen-bond donors (Lipinski definition) is 1. The number of ether oxygens (including phenoxy) is 3. The molecule has 0 unspecified atom stereocenters. The first kappa shape index (κ1) is 27.6. The van der Waals surface area contributed by atoms with Crippen molar-refractivity contribution in [2.24, 2.45) is 5.10 Å². The van der Waals surface area contributed by atoms with E-state index in [2.05, 4.69) is 26.5 Å². The number of aryl methyl sites for hydroxylation is 1. The van der Waals surface area contributed by atoms with Crippen LogP contribution in [0.4, 0.5) is 0 Å². The zero-order valence-electron chi connectivity index (χ0n) is 21.5. The SMILES string of the molecule is Cc1cccc(C(=O)Oc2ccc(Br)cc2/C=N\NC(=O)[C@H](C)Oc2ccc(OCc3ccccc3)cc2)c1. The second kappa shape index (κ2) is 13.4. The van der Waals surface area contributed by atoms with Crippen LogP contribution in [0.15, 0.2) is 107 Å². The second-order valence-corrected chi connectivity index (χ2v) is 9.60. The van der Waals surface area contributed by atoms with Crippen LogP contribution in [0.3, 0.4) is 0 Å². The molecule has 8 heteroatoms. The number of hydrazone groups is 1. The molecular formula is C31H27BrN2O5. The fraction of sp³-hybridized carbons (Fsp3) is 0.129. The highest BCUT2D eigenvalue weighted by Gasteiger charge is 2.15. The van der Waals surface area contributed by atoms with Gasteiger partial charge in [-0.25, -0.2) is 10.2 Å². The van der Waals surface area contributed by atoms with E-state index in [-0.39, 0.29) is 0 Å². The molecule has 0 heterocycles. The third kappa shape index (κ3) is 8.28.